The third kappa shape index (κ3) is 2.97. The molecule has 0 spiro atoms. The zero-order valence-electron chi connectivity index (χ0n) is 8.33. The molecule has 2 N–H and O–H groups in total. The molecule has 2 amide bonds. The predicted octanol–water partition coefficient (Wildman–Crippen LogP) is 1.84. The van der Waals surface area contributed by atoms with Gasteiger partial charge in [0, 0.05) is 12.7 Å². The van der Waals surface area contributed by atoms with Crippen LogP contribution in [-0.2, 0) is 0 Å². The van der Waals surface area contributed by atoms with E-state index in [1.165, 1.54) is 0 Å². The van der Waals surface area contributed by atoms with Crippen LogP contribution in [0.15, 0.2) is 24.3 Å². The van der Waals surface area contributed by atoms with Crippen molar-refractivity contribution in [1.82, 2.24) is 5.32 Å². The molecule has 0 aliphatic carbocycles. The van der Waals surface area contributed by atoms with Gasteiger partial charge in [0.2, 0.25) is 0 Å². The first-order valence-corrected chi connectivity index (χ1v) is 4.48. The molecular formula is C10H14N2O2. The van der Waals surface area contributed by atoms with Gasteiger partial charge in [-0.15, -0.1) is 0 Å². The molecule has 0 radical (unpaired) electrons. The van der Waals surface area contributed by atoms with Crippen molar-refractivity contribution >= 4 is 11.7 Å². The van der Waals surface area contributed by atoms with Gasteiger partial charge in [0.25, 0.3) is 0 Å². The highest BCUT2D eigenvalue weighted by atomic mass is 16.5. The number of anilines is 1. The first-order chi connectivity index (χ1) is 6.76. The fourth-order valence-electron chi connectivity index (χ4n) is 0.995. The number of carbonyl (C=O) groups is 1. The van der Waals surface area contributed by atoms with Gasteiger partial charge in [-0.1, -0.05) is 0 Å². The van der Waals surface area contributed by atoms with Gasteiger partial charge in [0.05, 0.1) is 6.61 Å². The fourth-order valence-corrected chi connectivity index (χ4v) is 0.995. The smallest absolute Gasteiger partial charge is 0.318 e. The molecule has 0 bridgehead atoms. The Morgan fingerprint density at radius 2 is 2.00 bits per heavy atom. The molecule has 1 aromatic carbocycles. The quantitative estimate of drug-likeness (QED) is 0.771. The third-order valence-electron chi connectivity index (χ3n) is 1.65. The van der Waals surface area contributed by atoms with E-state index in [2.05, 4.69) is 10.6 Å². The van der Waals surface area contributed by atoms with E-state index in [0.717, 1.165) is 11.4 Å². The van der Waals surface area contributed by atoms with Gasteiger partial charge in [-0.3, -0.25) is 0 Å². The average Bonchev–Trinajstić information content (AvgIpc) is 2.21. The summed E-state index contributed by atoms with van der Waals surface area (Å²) in [5, 5.41) is 5.13. The van der Waals surface area contributed by atoms with Crippen molar-refractivity contribution in [3.8, 4) is 5.75 Å². The Morgan fingerprint density at radius 3 is 2.50 bits per heavy atom. The Bertz CT molecular complexity index is 295. The Labute approximate surface area is 83.3 Å². The van der Waals surface area contributed by atoms with Crippen molar-refractivity contribution in [2.45, 2.75) is 6.92 Å². The molecule has 0 fully saturated rings. The van der Waals surface area contributed by atoms with E-state index in [9.17, 15) is 4.79 Å². The molecule has 0 saturated heterocycles. The number of rotatable bonds is 3. The summed E-state index contributed by atoms with van der Waals surface area (Å²) in [5.41, 5.74) is 0.743. The second-order valence-corrected chi connectivity index (χ2v) is 2.66. The maximum absolute atomic E-state index is 10.9. The number of ether oxygens (including phenoxy) is 1. The molecule has 0 aromatic heterocycles. The number of hydrogen-bond acceptors (Lipinski definition) is 2. The molecule has 1 rings (SSSR count). The second-order valence-electron chi connectivity index (χ2n) is 2.66. The van der Waals surface area contributed by atoms with E-state index in [1.54, 1.807) is 19.2 Å². The predicted molar refractivity (Wildman–Crippen MR) is 55.7 cm³/mol. The topological polar surface area (TPSA) is 50.4 Å². The van der Waals surface area contributed by atoms with Crippen molar-refractivity contribution in [1.29, 1.82) is 0 Å². The molecule has 0 unspecified atom stereocenters. The Morgan fingerprint density at radius 1 is 1.36 bits per heavy atom. The van der Waals surface area contributed by atoms with Crippen LogP contribution in [0.2, 0.25) is 0 Å². The van der Waals surface area contributed by atoms with E-state index in [4.69, 9.17) is 4.74 Å². The standard InChI is InChI=1S/C10H14N2O2/c1-3-14-9-6-4-8(5-7-9)12-10(13)11-2/h4-7H,3H2,1-2H3,(H2,11,12,13). The van der Waals surface area contributed by atoms with Crippen LogP contribution in [0, 0.1) is 0 Å². The van der Waals surface area contributed by atoms with Crippen molar-refractivity contribution in [2.75, 3.05) is 19.0 Å². The van der Waals surface area contributed by atoms with E-state index in [-0.39, 0.29) is 6.03 Å². The van der Waals surface area contributed by atoms with Crippen LogP contribution in [0.25, 0.3) is 0 Å². The van der Waals surface area contributed by atoms with Crippen LogP contribution in [-0.4, -0.2) is 19.7 Å². The summed E-state index contributed by atoms with van der Waals surface area (Å²) in [5.74, 6) is 0.801. The minimum absolute atomic E-state index is 0.228. The monoisotopic (exact) mass is 194 g/mol. The molecule has 0 saturated carbocycles. The SMILES string of the molecule is CCOc1ccc(NC(=O)NC)cc1. The van der Waals surface area contributed by atoms with E-state index in [0.29, 0.717) is 6.61 Å². The molecule has 1 aromatic rings. The zero-order valence-corrected chi connectivity index (χ0v) is 8.33. The summed E-state index contributed by atoms with van der Waals surface area (Å²) in [6, 6.07) is 6.98. The Hall–Kier alpha value is -1.71. The lowest BCUT2D eigenvalue weighted by atomic mass is 10.3. The number of nitrogens with one attached hydrogen (secondary N) is 2. The fraction of sp³-hybridized carbons (Fsp3) is 0.300. The molecule has 0 aliphatic rings. The van der Waals surface area contributed by atoms with Gasteiger partial charge in [-0.2, -0.15) is 0 Å². The summed E-state index contributed by atoms with van der Waals surface area (Å²) in [4.78, 5) is 10.9. The van der Waals surface area contributed by atoms with Crippen molar-refractivity contribution in [3.05, 3.63) is 24.3 Å². The van der Waals surface area contributed by atoms with Crippen molar-refractivity contribution in [2.24, 2.45) is 0 Å². The number of urea groups is 1. The lowest BCUT2D eigenvalue weighted by Crippen LogP contribution is -2.24. The molecule has 14 heavy (non-hydrogen) atoms. The van der Waals surface area contributed by atoms with Gasteiger partial charge in [-0.05, 0) is 31.2 Å². The lowest BCUT2D eigenvalue weighted by Gasteiger charge is -2.06. The van der Waals surface area contributed by atoms with Gasteiger partial charge in [-0.25, -0.2) is 4.79 Å². The van der Waals surface area contributed by atoms with Crippen LogP contribution < -0.4 is 15.4 Å². The highest BCUT2D eigenvalue weighted by Gasteiger charge is 1.98. The summed E-state index contributed by atoms with van der Waals surface area (Å²) in [6.45, 7) is 2.57. The largest absolute Gasteiger partial charge is 0.494 e. The molecule has 76 valence electrons. The summed E-state index contributed by atoms with van der Waals surface area (Å²) < 4.78 is 5.26. The summed E-state index contributed by atoms with van der Waals surface area (Å²) in [6.07, 6.45) is 0. The minimum Gasteiger partial charge on any atom is -0.494 e. The maximum Gasteiger partial charge on any atom is 0.318 e. The van der Waals surface area contributed by atoms with Crippen molar-refractivity contribution < 1.29 is 9.53 Å². The molecule has 4 nitrogen and oxygen atoms in total. The first-order valence-electron chi connectivity index (χ1n) is 4.48. The Balaban J connectivity index is 2.59. The minimum atomic E-state index is -0.228. The van der Waals surface area contributed by atoms with Gasteiger partial charge in [0.1, 0.15) is 5.75 Å². The average molecular weight is 194 g/mol. The number of hydrogen-bond donors (Lipinski definition) is 2. The number of amides is 2. The normalized spacial score (nSPS) is 9.29. The number of carbonyl (C=O) groups excluding carboxylic acids is 1. The van der Waals surface area contributed by atoms with Crippen molar-refractivity contribution in [3.63, 3.8) is 0 Å². The van der Waals surface area contributed by atoms with Crippen LogP contribution in [0.1, 0.15) is 6.92 Å². The highest BCUT2D eigenvalue weighted by molar-refractivity contribution is 5.88. The van der Waals surface area contributed by atoms with Crippen LogP contribution in [0.3, 0.4) is 0 Å². The van der Waals surface area contributed by atoms with E-state index in [1.807, 2.05) is 19.1 Å². The van der Waals surface area contributed by atoms with E-state index < -0.39 is 0 Å². The zero-order chi connectivity index (χ0) is 10.4. The first kappa shape index (κ1) is 10.4. The Kier molecular flexibility index (Phi) is 3.79. The highest BCUT2D eigenvalue weighted by Crippen LogP contribution is 2.15. The molecule has 0 aliphatic heterocycles. The maximum atomic E-state index is 10.9. The summed E-state index contributed by atoms with van der Waals surface area (Å²) in [7, 11) is 1.57. The summed E-state index contributed by atoms with van der Waals surface area (Å²) >= 11 is 0. The van der Waals surface area contributed by atoms with Gasteiger partial charge < -0.3 is 15.4 Å². The molecular weight excluding hydrogens is 180 g/mol. The molecule has 4 heteroatoms. The third-order valence-corrected chi connectivity index (χ3v) is 1.65. The molecule has 0 heterocycles. The second kappa shape index (κ2) is 5.11. The van der Waals surface area contributed by atoms with Crippen LogP contribution >= 0.6 is 0 Å². The van der Waals surface area contributed by atoms with Crippen LogP contribution in [0.4, 0.5) is 10.5 Å². The van der Waals surface area contributed by atoms with E-state index >= 15 is 0 Å². The number of benzene rings is 1. The van der Waals surface area contributed by atoms with Gasteiger partial charge in [0.15, 0.2) is 0 Å². The molecule has 0 atom stereocenters. The van der Waals surface area contributed by atoms with Crippen LogP contribution in [0.5, 0.6) is 5.75 Å². The lowest BCUT2D eigenvalue weighted by molar-refractivity contribution is 0.254. The van der Waals surface area contributed by atoms with Gasteiger partial charge >= 0.3 is 6.03 Å².